The Kier molecular flexibility index (Phi) is 5.36. The summed E-state index contributed by atoms with van der Waals surface area (Å²) in [6, 6.07) is 7.61. The summed E-state index contributed by atoms with van der Waals surface area (Å²) in [6.07, 6.45) is 1.98. The van der Waals surface area contributed by atoms with Gasteiger partial charge in [0.25, 0.3) is 0 Å². The van der Waals surface area contributed by atoms with Crippen molar-refractivity contribution in [3.8, 4) is 0 Å². The largest absolute Gasteiger partial charge is 0.356 e. The van der Waals surface area contributed by atoms with Crippen LogP contribution in [0.5, 0.6) is 0 Å². The number of nitrogens with one attached hydrogen (secondary N) is 1. The van der Waals surface area contributed by atoms with Crippen molar-refractivity contribution in [2.75, 3.05) is 6.54 Å². The van der Waals surface area contributed by atoms with Crippen molar-refractivity contribution in [2.45, 2.75) is 19.3 Å². The summed E-state index contributed by atoms with van der Waals surface area (Å²) in [5, 5.41) is 5.61. The lowest BCUT2D eigenvalue weighted by Crippen LogP contribution is -2.25. The van der Waals surface area contributed by atoms with Crippen LogP contribution in [0.1, 0.15) is 17.7 Å². The van der Waals surface area contributed by atoms with Crippen molar-refractivity contribution in [3.63, 3.8) is 0 Å². The van der Waals surface area contributed by atoms with Gasteiger partial charge >= 0.3 is 0 Å². The van der Waals surface area contributed by atoms with Crippen LogP contribution in [0.25, 0.3) is 0 Å². The van der Waals surface area contributed by atoms with Gasteiger partial charge in [0, 0.05) is 29.8 Å². The minimum absolute atomic E-state index is 0.0650. The molecule has 0 saturated carbocycles. The first-order chi connectivity index (χ1) is 9.24. The first-order valence-electron chi connectivity index (χ1n) is 6.12. The molecule has 5 heteroatoms. The van der Waals surface area contributed by atoms with E-state index in [9.17, 15) is 4.79 Å². The molecule has 0 unspecified atom stereocenters. The van der Waals surface area contributed by atoms with Gasteiger partial charge in [0.2, 0.25) is 5.91 Å². The second-order valence-corrected chi connectivity index (χ2v) is 5.36. The number of carbonyl (C=O) groups excluding carboxylic acids is 1. The Morgan fingerprint density at radius 2 is 2.26 bits per heavy atom. The minimum atomic E-state index is 0.0650. The second kappa shape index (κ2) is 7.26. The van der Waals surface area contributed by atoms with Crippen molar-refractivity contribution in [1.29, 1.82) is 0 Å². The fourth-order valence-electron chi connectivity index (χ4n) is 1.73. The van der Waals surface area contributed by atoms with E-state index < -0.39 is 0 Å². The quantitative estimate of drug-likeness (QED) is 0.889. The van der Waals surface area contributed by atoms with Gasteiger partial charge in [0.05, 0.1) is 11.2 Å². The maximum absolute atomic E-state index is 11.7. The van der Waals surface area contributed by atoms with E-state index >= 15 is 0 Å². The SMILES string of the molecule is O=C(CCc1cccc(Cl)c1)NCCc1cscn1. The third-order valence-corrected chi connectivity index (χ3v) is 3.59. The molecule has 2 rings (SSSR count). The van der Waals surface area contributed by atoms with Crippen LogP contribution in [0.15, 0.2) is 35.2 Å². The van der Waals surface area contributed by atoms with E-state index in [4.69, 9.17) is 11.6 Å². The molecule has 0 aliphatic carbocycles. The van der Waals surface area contributed by atoms with E-state index in [-0.39, 0.29) is 5.91 Å². The van der Waals surface area contributed by atoms with E-state index in [2.05, 4.69) is 10.3 Å². The number of carbonyl (C=O) groups is 1. The summed E-state index contributed by atoms with van der Waals surface area (Å²) in [5.41, 5.74) is 3.92. The fraction of sp³-hybridized carbons (Fsp3) is 0.286. The molecule has 1 amide bonds. The van der Waals surface area contributed by atoms with Gasteiger partial charge in [-0.05, 0) is 24.1 Å². The number of nitrogens with zero attached hydrogens (tertiary/aromatic N) is 1. The molecular formula is C14H15ClN2OS. The van der Waals surface area contributed by atoms with E-state index in [0.717, 1.165) is 17.7 Å². The molecule has 0 fully saturated rings. The van der Waals surface area contributed by atoms with Gasteiger partial charge in [-0.25, -0.2) is 4.98 Å². The lowest BCUT2D eigenvalue weighted by atomic mass is 10.1. The summed E-state index contributed by atoms with van der Waals surface area (Å²) in [4.78, 5) is 15.8. The molecule has 100 valence electrons. The van der Waals surface area contributed by atoms with E-state index in [1.807, 2.05) is 29.6 Å². The molecule has 1 N–H and O–H groups in total. The van der Waals surface area contributed by atoms with E-state index in [0.29, 0.717) is 24.4 Å². The highest BCUT2D eigenvalue weighted by atomic mass is 35.5. The molecule has 19 heavy (non-hydrogen) atoms. The van der Waals surface area contributed by atoms with Gasteiger partial charge in [-0.3, -0.25) is 4.79 Å². The molecule has 0 atom stereocenters. The topological polar surface area (TPSA) is 42.0 Å². The Labute approximate surface area is 121 Å². The van der Waals surface area contributed by atoms with Crippen LogP contribution < -0.4 is 5.32 Å². The van der Waals surface area contributed by atoms with Crippen molar-refractivity contribution in [3.05, 3.63) is 51.4 Å². The van der Waals surface area contributed by atoms with Crippen molar-refractivity contribution < 1.29 is 4.79 Å². The monoisotopic (exact) mass is 294 g/mol. The Morgan fingerprint density at radius 1 is 1.37 bits per heavy atom. The van der Waals surface area contributed by atoms with Crippen molar-refractivity contribution in [2.24, 2.45) is 0 Å². The van der Waals surface area contributed by atoms with Crippen LogP contribution in [-0.4, -0.2) is 17.4 Å². The maximum atomic E-state index is 11.7. The summed E-state index contributed by atoms with van der Waals surface area (Å²) in [5.74, 6) is 0.0650. The molecule has 0 spiro atoms. The molecule has 0 radical (unpaired) electrons. The van der Waals surface area contributed by atoms with Crippen LogP contribution >= 0.6 is 22.9 Å². The van der Waals surface area contributed by atoms with E-state index in [1.54, 1.807) is 16.8 Å². The average Bonchev–Trinajstić information content (AvgIpc) is 2.90. The van der Waals surface area contributed by atoms with Gasteiger partial charge in [0.1, 0.15) is 0 Å². The highest BCUT2D eigenvalue weighted by molar-refractivity contribution is 7.07. The van der Waals surface area contributed by atoms with Crippen LogP contribution in [0.3, 0.4) is 0 Å². The van der Waals surface area contributed by atoms with Crippen LogP contribution in [0.2, 0.25) is 5.02 Å². The van der Waals surface area contributed by atoms with E-state index in [1.165, 1.54) is 0 Å². The van der Waals surface area contributed by atoms with Crippen molar-refractivity contribution in [1.82, 2.24) is 10.3 Å². The Bertz CT molecular complexity index is 528. The first-order valence-corrected chi connectivity index (χ1v) is 7.44. The number of aromatic nitrogens is 1. The second-order valence-electron chi connectivity index (χ2n) is 4.21. The minimum Gasteiger partial charge on any atom is -0.356 e. The predicted molar refractivity (Wildman–Crippen MR) is 78.6 cm³/mol. The molecule has 1 heterocycles. The number of aryl methyl sites for hydroxylation is 1. The number of amides is 1. The maximum Gasteiger partial charge on any atom is 0.220 e. The molecule has 1 aromatic heterocycles. The third kappa shape index (κ3) is 5.01. The Morgan fingerprint density at radius 3 is 3.00 bits per heavy atom. The molecule has 0 bridgehead atoms. The zero-order valence-corrected chi connectivity index (χ0v) is 12.0. The summed E-state index contributed by atoms with van der Waals surface area (Å²) in [6.45, 7) is 0.637. The van der Waals surface area contributed by atoms with Gasteiger partial charge in [-0.1, -0.05) is 23.7 Å². The zero-order chi connectivity index (χ0) is 13.5. The normalized spacial score (nSPS) is 10.4. The highest BCUT2D eigenvalue weighted by Crippen LogP contribution is 2.12. The Balaban J connectivity index is 1.67. The number of hydrogen-bond donors (Lipinski definition) is 1. The summed E-state index contributed by atoms with van der Waals surface area (Å²) < 4.78 is 0. The lowest BCUT2D eigenvalue weighted by molar-refractivity contribution is -0.121. The number of benzene rings is 1. The molecule has 0 aliphatic rings. The average molecular weight is 295 g/mol. The first kappa shape index (κ1) is 14.0. The number of thiazole rings is 1. The lowest BCUT2D eigenvalue weighted by Gasteiger charge is -2.04. The molecular weight excluding hydrogens is 280 g/mol. The highest BCUT2D eigenvalue weighted by Gasteiger charge is 2.03. The standard InChI is InChI=1S/C14H15ClN2OS/c15-12-3-1-2-11(8-12)4-5-14(18)16-7-6-13-9-19-10-17-13/h1-3,8-10H,4-7H2,(H,16,18). The number of halogens is 1. The predicted octanol–water partition coefficient (Wildman–Crippen LogP) is 3.09. The van der Waals surface area contributed by atoms with Crippen LogP contribution in [0.4, 0.5) is 0 Å². The van der Waals surface area contributed by atoms with Crippen molar-refractivity contribution >= 4 is 28.8 Å². The molecule has 1 aromatic carbocycles. The fourth-order valence-corrected chi connectivity index (χ4v) is 2.54. The van der Waals surface area contributed by atoms with Gasteiger partial charge < -0.3 is 5.32 Å². The Hall–Kier alpha value is -1.39. The molecule has 0 aliphatic heterocycles. The molecule has 0 saturated heterocycles. The van der Waals surface area contributed by atoms with Gasteiger partial charge in [-0.2, -0.15) is 0 Å². The number of rotatable bonds is 6. The zero-order valence-electron chi connectivity index (χ0n) is 10.4. The number of hydrogen-bond acceptors (Lipinski definition) is 3. The van der Waals surface area contributed by atoms with Crippen LogP contribution in [-0.2, 0) is 17.6 Å². The smallest absolute Gasteiger partial charge is 0.220 e. The van der Waals surface area contributed by atoms with Gasteiger partial charge in [-0.15, -0.1) is 11.3 Å². The molecule has 3 nitrogen and oxygen atoms in total. The van der Waals surface area contributed by atoms with Gasteiger partial charge in [0.15, 0.2) is 0 Å². The molecule has 2 aromatic rings. The summed E-state index contributed by atoms with van der Waals surface area (Å²) in [7, 11) is 0. The third-order valence-electron chi connectivity index (χ3n) is 2.72. The van der Waals surface area contributed by atoms with Crippen LogP contribution in [0, 0.1) is 0 Å². The summed E-state index contributed by atoms with van der Waals surface area (Å²) >= 11 is 7.47.